The molecule has 19 heavy (non-hydrogen) atoms. The van der Waals surface area contributed by atoms with Gasteiger partial charge in [-0.2, -0.15) is 0 Å². The third kappa shape index (κ3) is 2.85. The van der Waals surface area contributed by atoms with Crippen molar-refractivity contribution in [3.8, 4) is 0 Å². The fraction of sp³-hybridized carbons (Fsp3) is 0.0769. The zero-order valence-corrected chi connectivity index (χ0v) is 9.95. The summed E-state index contributed by atoms with van der Waals surface area (Å²) in [6.45, 7) is 1.66. The Labute approximate surface area is 107 Å². The molecule has 6 heteroatoms. The molecule has 1 heterocycles. The van der Waals surface area contributed by atoms with E-state index in [1.165, 1.54) is 18.2 Å². The molecule has 98 valence electrons. The number of nitrogens with zero attached hydrogens (tertiary/aromatic N) is 1. The molecule has 0 aliphatic heterocycles. The normalized spacial score (nSPS) is 10.3. The number of aryl methyl sites for hydroxylation is 1. The number of aromatic nitrogens is 1. The number of nitrogens with one attached hydrogen (secondary N) is 1. The quantitative estimate of drug-likeness (QED) is 0.894. The van der Waals surface area contributed by atoms with Crippen LogP contribution in [0.3, 0.4) is 0 Å². The number of hydrogen-bond acceptors (Lipinski definition) is 3. The average molecular weight is 264 g/mol. The number of benzene rings is 1. The second-order valence-corrected chi connectivity index (χ2v) is 3.94. The van der Waals surface area contributed by atoms with Crippen LogP contribution >= 0.6 is 0 Å². The number of anilines is 2. The first-order valence-corrected chi connectivity index (χ1v) is 5.39. The maximum Gasteiger partial charge on any atom is 0.339 e. The molecule has 0 spiro atoms. The van der Waals surface area contributed by atoms with Crippen LogP contribution in [0.1, 0.15) is 15.9 Å². The molecule has 2 rings (SSSR count). The van der Waals surface area contributed by atoms with E-state index in [1.807, 2.05) is 0 Å². The summed E-state index contributed by atoms with van der Waals surface area (Å²) in [7, 11) is 0. The molecule has 0 radical (unpaired) electrons. The van der Waals surface area contributed by atoms with Crippen LogP contribution in [0.4, 0.5) is 20.3 Å². The van der Waals surface area contributed by atoms with E-state index in [9.17, 15) is 13.6 Å². The Balaban J connectivity index is 2.40. The lowest BCUT2D eigenvalue weighted by molar-refractivity contribution is 0.0697. The largest absolute Gasteiger partial charge is 0.478 e. The van der Waals surface area contributed by atoms with Crippen molar-refractivity contribution in [2.45, 2.75) is 6.92 Å². The van der Waals surface area contributed by atoms with E-state index in [4.69, 9.17) is 5.11 Å². The Kier molecular flexibility index (Phi) is 3.41. The minimum absolute atomic E-state index is 0.00334. The van der Waals surface area contributed by atoms with Crippen LogP contribution in [0.2, 0.25) is 0 Å². The van der Waals surface area contributed by atoms with E-state index >= 15 is 0 Å². The average Bonchev–Trinajstić information content (AvgIpc) is 2.34. The lowest BCUT2D eigenvalue weighted by atomic mass is 10.2. The number of carboxylic acids is 1. The van der Waals surface area contributed by atoms with Crippen molar-refractivity contribution in [1.82, 2.24) is 4.98 Å². The van der Waals surface area contributed by atoms with Gasteiger partial charge in [0.1, 0.15) is 23.0 Å². The van der Waals surface area contributed by atoms with Gasteiger partial charge in [-0.15, -0.1) is 0 Å². The van der Waals surface area contributed by atoms with Crippen molar-refractivity contribution < 1.29 is 18.7 Å². The summed E-state index contributed by atoms with van der Waals surface area (Å²) in [6.07, 6.45) is 0.910. The molecular formula is C13H10F2N2O2. The van der Waals surface area contributed by atoms with Gasteiger partial charge in [0.05, 0.1) is 6.20 Å². The Hall–Kier alpha value is -2.50. The molecule has 4 nitrogen and oxygen atoms in total. The molecule has 0 aliphatic rings. The van der Waals surface area contributed by atoms with Crippen LogP contribution in [-0.4, -0.2) is 16.1 Å². The first-order chi connectivity index (χ1) is 8.97. The lowest BCUT2D eigenvalue weighted by Crippen LogP contribution is -2.06. The van der Waals surface area contributed by atoms with Gasteiger partial charge >= 0.3 is 5.97 Å². The predicted molar refractivity (Wildman–Crippen MR) is 65.6 cm³/mol. The molecule has 1 aromatic heterocycles. The molecular weight excluding hydrogens is 254 g/mol. The summed E-state index contributed by atoms with van der Waals surface area (Å²) in [4.78, 5) is 14.7. The van der Waals surface area contributed by atoms with Gasteiger partial charge in [-0.05, 0) is 36.8 Å². The molecule has 0 unspecified atom stereocenters. The number of pyridine rings is 1. The van der Waals surface area contributed by atoms with Crippen molar-refractivity contribution in [2.24, 2.45) is 0 Å². The van der Waals surface area contributed by atoms with E-state index in [1.54, 1.807) is 6.92 Å². The van der Waals surface area contributed by atoms with Crippen LogP contribution < -0.4 is 5.32 Å². The third-order valence-electron chi connectivity index (χ3n) is 2.53. The van der Waals surface area contributed by atoms with Crippen LogP contribution in [0.25, 0.3) is 0 Å². The summed E-state index contributed by atoms with van der Waals surface area (Å²) in [5, 5.41) is 11.7. The highest BCUT2D eigenvalue weighted by Crippen LogP contribution is 2.23. The van der Waals surface area contributed by atoms with Crippen molar-refractivity contribution in [3.63, 3.8) is 0 Å². The summed E-state index contributed by atoms with van der Waals surface area (Å²) >= 11 is 0. The van der Waals surface area contributed by atoms with Crippen LogP contribution in [-0.2, 0) is 0 Å². The summed E-state index contributed by atoms with van der Waals surface area (Å²) in [5.41, 5.74) is 0.800. The Morgan fingerprint density at radius 1 is 1.26 bits per heavy atom. The van der Waals surface area contributed by atoms with Gasteiger partial charge in [-0.1, -0.05) is 0 Å². The fourth-order valence-electron chi connectivity index (χ4n) is 1.60. The van der Waals surface area contributed by atoms with Gasteiger partial charge in [0.25, 0.3) is 0 Å². The Bertz CT molecular complexity index is 645. The SMILES string of the molecule is Cc1cc(F)ccc1Nc1ncc(F)cc1C(=O)O. The van der Waals surface area contributed by atoms with Crippen LogP contribution in [0.5, 0.6) is 0 Å². The monoisotopic (exact) mass is 264 g/mol. The highest BCUT2D eigenvalue weighted by molar-refractivity contribution is 5.94. The zero-order chi connectivity index (χ0) is 14.0. The van der Waals surface area contributed by atoms with Crippen molar-refractivity contribution in [1.29, 1.82) is 0 Å². The highest BCUT2D eigenvalue weighted by atomic mass is 19.1. The number of rotatable bonds is 3. The second kappa shape index (κ2) is 5.01. The molecule has 0 bridgehead atoms. The molecule has 1 aromatic carbocycles. The fourth-order valence-corrected chi connectivity index (χ4v) is 1.60. The smallest absolute Gasteiger partial charge is 0.339 e. The standard InChI is InChI=1S/C13H10F2N2O2/c1-7-4-8(14)2-3-11(7)17-12-10(13(18)19)5-9(15)6-16-12/h2-6H,1H3,(H,16,17)(H,18,19). The Morgan fingerprint density at radius 2 is 2.00 bits per heavy atom. The van der Waals surface area contributed by atoms with E-state index in [0.717, 1.165) is 12.3 Å². The Morgan fingerprint density at radius 3 is 2.63 bits per heavy atom. The van der Waals surface area contributed by atoms with Crippen molar-refractivity contribution in [2.75, 3.05) is 5.32 Å². The molecule has 0 fully saturated rings. The minimum Gasteiger partial charge on any atom is -0.478 e. The van der Waals surface area contributed by atoms with Gasteiger partial charge in [-0.3, -0.25) is 0 Å². The maximum absolute atomic E-state index is 13.0. The topological polar surface area (TPSA) is 62.2 Å². The third-order valence-corrected chi connectivity index (χ3v) is 2.53. The molecule has 0 aliphatic carbocycles. The summed E-state index contributed by atoms with van der Waals surface area (Å²) in [6, 6.07) is 4.86. The van der Waals surface area contributed by atoms with E-state index in [0.29, 0.717) is 11.3 Å². The molecule has 0 saturated carbocycles. The van der Waals surface area contributed by atoms with Gasteiger partial charge in [0.2, 0.25) is 0 Å². The molecule has 0 atom stereocenters. The molecule has 0 amide bonds. The zero-order valence-electron chi connectivity index (χ0n) is 9.95. The van der Waals surface area contributed by atoms with Gasteiger partial charge < -0.3 is 10.4 Å². The number of halogens is 2. The number of carboxylic acid groups (broad SMARTS) is 1. The minimum atomic E-state index is -1.30. The highest BCUT2D eigenvalue weighted by Gasteiger charge is 2.13. The number of aromatic carboxylic acids is 1. The molecule has 0 saturated heterocycles. The summed E-state index contributed by atoms with van der Waals surface area (Å²) < 4.78 is 25.9. The lowest BCUT2D eigenvalue weighted by Gasteiger charge is -2.11. The summed E-state index contributed by atoms with van der Waals surface area (Å²) in [5.74, 6) is -2.43. The maximum atomic E-state index is 13.0. The van der Waals surface area contributed by atoms with E-state index in [2.05, 4.69) is 10.3 Å². The number of carbonyl (C=O) groups is 1. The molecule has 2 N–H and O–H groups in total. The van der Waals surface area contributed by atoms with Gasteiger partial charge in [0.15, 0.2) is 0 Å². The van der Waals surface area contributed by atoms with Crippen molar-refractivity contribution >= 4 is 17.5 Å². The number of hydrogen-bond donors (Lipinski definition) is 2. The van der Waals surface area contributed by atoms with Crippen LogP contribution in [0.15, 0.2) is 30.5 Å². The first kappa shape index (κ1) is 12.9. The molecule has 2 aromatic rings. The van der Waals surface area contributed by atoms with E-state index in [-0.39, 0.29) is 11.4 Å². The van der Waals surface area contributed by atoms with Crippen LogP contribution in [0, 0.1) is 18.6 Å². The van der Waals surface area contributed by atoms with Gasteiger partial charge in [-0.25, -0.2) is 18.6 Å². The predicted octanol–water partition coefficient (Wildman–Crippen LogP) is 3.11. The van der Waals surface area contributed by atoms with Crippen molar-refractivity contribution in [3.05, 3.63) is 53.2 Å². The second-order valence-electron chi connectivity index (χ2n) is 3.94. The van der Waals surface area contributed by atoms with Gasteiger partial charge in [0, 0.05) is 5.69 Å². The first-order valence-electron chi connectivity index (χ1n) is 5.39. The van der Waals surface area contributed by atoms with E-state index < -0.39 is 17.6 Å².